The zero-order valence-electron chi connectivity index (χ0n) is 5.94. The van der Waals surface area contributed by atoms with Gasteiger partial charge in [-0.2, -0.15) is 15.8 Å². The van der Waals surface area contributed by atoms with E-state index in [1.807, 2.05) is 0 Å². The molecule has 0 unspecified atom stereocenters. The predicted molar refractivity (Wildman–Crippen MR) is 39.3 cm³/mol. The Hall–Kier alpha value is -2.32. The van der Waals surface area contributed by atoms with Gasteiger partial charge in [0.15, 0.2) is 0 Å². The molecule has 1 N–H and O–H groups in total. The first-order valence-electron chi connectivity index (χ1n) is 3.02. The molecule has 0 aromatic rings. The van der Waals surface area contributed by atoms with Crippen LogP contribution in [0.5, 0.6) is 0 Å². The molecule has 0 spiro atoms. The quantitative estimate of drug-likeness (QED) is 0.527. The van der Waals surface area contributed by atoms with Gasteiger partial charge in [0.1, 0.15) is 23.9 Å². The van der Waals surface area contributed by atoms with Gasteiger partial charge < -0.3 is 5.32 Å². The lowest BCUT2D eigenvalue weighted by atomic mass is 10.0. The first-order valence-corrected chi connectivity index (χ1v) is 3.02. The van der Waals surface area contributed by atoms with Gasteiger partial charge in [0.05, 0.1) is 6.34 Å². The molecule has 0 amide bonds. The van der Waals surface area contributed by atoms with Crippen molar-refractivity contribution in [2.45, 2.75) is 5.54 Å². The van der Waals surface area contributed by atoms with Gasteiger partial charge in [-0.15, -0.1) is 0 Å². The van der Waals surface area contributed by atoms with Crippen LogP contribution in [0.15, 0.2) is 16.8 Å². The maximum atomic E-state index is 8.59. The Morgan fingerprint density at radius 3 is 2.50 bits per heavy atom. The monoisotopic (exact) mass is 157 g/mol. The van der Waals surface area contributed by atoms with Crippen molar-refractivity contribution in [1.29, 1.82) is 15.8 Å². The fourth-order valence-corrected chi connectivity index (χ4v) is 0.703. The molecule has 1 heterocycles. The number of hydrogen-bond acceptors (Lipinski definition) is 5. The topological polar surface area (TPSA) is 95.8 Å². The van der Waals surface area contributed by atoms with E-state index in [-0.39, 0.29) is 5.70 Å². The van der Waals surface area contributed by atoms with E-state index in [0.717, 1.165) is 0 Å². The number of nitrogens with one attached hydrogen (secondary N) is 1. The standard InChI is InChI=1S/C7H3N5/c8-2-6-1-7(3-9,4-10)12-5-11-6/h1,5H,(H,11,12). The summed E-state index contributed by atoms with van der Waals surface area (Å²) < 4.78 is 0. The third kappa shape index (κ3) is 1.10. The highest BCUT2D eigenvalue weighted by molar-refractivity contribution is 5.65. The number of nitrogens with zero attached hydrogens (tertiary/aromatic N) is 4. The average molecular weight is 157 g/mol. The molecule has 0 fully saturated rings. The van der Waals surface area contributed by atoms with Crippen LogP contribution in [-0.4, -0.2) is 11.9 Å². The van der Waals surface area contributed by atoms with Gasteiger partial charge in [0.25, 0.3) is 5.54 Å². The summed E-state index contributed by atoms with van der Waals surface area (Å²) >= 11 is 0. The molecule has 0 radical (unpaired) electrons. The van der Waals surface area contributed by atoms with E-state index in [1.165, 1.54) is 12.4 Å². The van der Waals surface area contributed by atoms with Crippen molar-refractivity contribution >= 4 is 6.34 Å². The van der Waals surface area contributed by atoms with Crippen molar-refractivity contribution in [2.75, 3.05) is 0 Å². The molecule has 0 aliphatic carbocycles. The van der Waals surface area contributed by atoms with Gasteiger partial charge in [0, 0.05) is 6.08 Å². The highest BCUT2D eigenvalue weighted by Crippen LogP contribution is 2.14. The molecule has 0 saturated heterocycles. The van der Waals surface area contributed by atoms with Crippen molar-refractivity contribution < 1.29 is 0 Å². The SMILES string of the molecule is N#CC1=CC(C#N)(C#N)N=CN1. The van der Waals surface area contributed by atoms with E-state index >= 15 is 0 Å². The van der Waals surface area contributed by atoms with E-state index in [2.05, 4.69) is 10.3 Å². The molecule has 0 aromatic carbocycles. The number of rotatable bonds is 0. The molecule has 5 nitrogen and oxygen atoms in total. The van der Waals surface area contributed by atoms with Crippen LogP contribution < -0.4 is 5.32 Å². The third-order valence-electron chi connectivity index (χ3n) is 1.30. The minimum atomic E-state index is -1.53. The van der Waals surface area contributed by atoms with E-state index in [9.17, 15) is 0 Å². The molecule has 0 bridgehead atoms. The third-order valence-corrected chi connectivity index (χ3v) is 1.30. The van der Waals surface area contributed by atoms with Gasteiger partial charge in [-0.1, -0.05) is 0 Å². The fraction of sp³-hybridized carbons (Fsp3) is 0.143. The predicted octanol–water partition coefficient (Wildman–Crippen LogP) is -0.189. The number of hydrogen-bond donors (Lipinski definition) is 1. The summed E-state index contributed by atoms with van der Waals surface area (Å²) in [7, 11) is 0. The van der Waals surface area contributed by atoms with Crippen LogP contribution in [-0.2, 0) is 0 Å². The Kier molecular flexibility index (Phi) is 1.77. The summed E-state index contributed by atoms with van der Waals surface area (Å²) in [4.78, 5) is 3.61. The molecule has 1 rings (SSSR count). The molecule has 5 heteroatoms. The van der Waals surface area contributed by atoms with Crippen LogP contribution in [0.4, 0.5) is 0 Å². The Bertz CT molecular complexity index is 356. The molecule has 12 heavy (non-hydrogen) atoms. The molecule has 0 aromatic heterocycles. The van der Waals surface area contributed by atoms with Crippen molar-refractivity contribution in [3.8, 4) is 18.2 Å². The first kappa shape index (κ1) is 7.78. The van der Waals surface area contributed by atoms with Crippen LogP contribution in [0.2, 0.25) is 0 Å². The summed E-state index contributed by atoms with van der Waals surface area (Å²) in [5.41, 5.74) is -1.37. The van der Waals surface area contributed by atoms with Crippen molar-refractivity contribution in [3.05, 3.63) is 11.8 Å². The maximum Gasteiger partial charge on any atom is 0.254 e. The molecule has 0 saturated carbocycles. The molecule has 1 aliphatic heterocycles. The molecule has 56 valence electrons. The highest BCUT2D eigenvalue weighted by Gasteiger charge is 2.28. The summed E-state index contributed by atoms with van der Waals surface area (Å²) in [6.45, 7) is 0. The fourth-order valence-electron chi connectivity index (χ4n) is 0.703. The number of aliphatic imine (C=N–C) groups is 1. The van der Waals surface area contributed by atoms with Crippen LogP contribution >= 0.6 is 0 Å². The minimum Gasteiger partial charge on any atom is -0.338 e. The number of allylic oxidation sites excluding steroid dienone is 1. The van der Waals surface area contributed by atoms with Gasteiger partial charge >= 0.3 is 0 Å². The van der Waals surface area contributed by atoms with Gasteiger partial charge in [-0.3, -0.25) is 0 Å². The Morgan fingerprint density at radius 1 is 1.33 bits per heavy atom. The van der Waals surface area contributed by atoms with Gasteiger partial charge in [-0.05, 0) is 0 Å². The molecular formula is C7H3N5. The number of nitriles is 3. The first-order chi connectivity index (χ1) is 5.76. The van der Waals surface area contributed by atoms with Crippen LogP contribution in [0.1, 0.15) is 0 Å². The van der Waals surface area contributed by atoms with E-state index in [0.29, 0.717) is 0 Å². The lowest BCUT2D eigenvalue weighted by molar-refractivity contribution is 0.824. The Labute approximate surface area is 68.9 Å². The van der Waals surface area contributed by atoms with Crippen LogP contribution in [0.25, 0.3) is 0 Å². The smallest absolute Gasteiger partial charge is 0.254 e. The van der Waals surface area contributed by atoms with E-state index < -0.39 is 5.54 Å². The zero-order valence-corrected chi connectivity index (χ0v) is 5.94. The average Bonchev–Trinajstić information content (AvgIpc) is 2.18. The molecule has 0 atom stereocenters. The second kappa shape index (κ2) is 2.74. The zero-order chi connectivity index (χ0) is 9.03. The highest BCUT2D eigenvalue weighted by atomic mass is 15.0. The molecule has 1 aliphatic rings. The van der Waals surface area contributed by atoms with Crippen LogP contribution in [0.3, 0.4) is 0 Å². The van der Waals surface area contributed by atoms with Crippen LogP contribution in [0, 0.1) is 34.0 Å². The summed E-state index contributed by atoms with van der Waals surface area (Å²) in [5.74, 6) is 0. The van der Waals surface area contributed by atoms with Crippen molar-refractivity contribution in [3.63, 3.8) is 0 Å². The summed E-state index contributed by atoms with van der Waals surface area (Å²) in [6.07, 6.45) is 2.36. The van der Waals surface area contributed by atoms with E-state index in [1.54, 1.807) is 18.2 Å². The maximum absolute atomic E-state index is 8.59. The van der Waals surface area contributed by atoms with Gasteiger partial charge in [-0.25, -0.2) is 4.99 Å². The Balaban J connectivity index is 3.12. The second-order valence-electron chi connectivity index (χ2n) is 2.06. The normalized spacial score (nSPS) is 17.6. The lowest BCUT2D eigenvalue weighted by Crippen LogP contribution is -2.28. The summed E-state index contributed by atoms with van der Waals surface area (Å²) in [6, 6.07) is 5.19. The largest absolute Gasteiger partial charge is 0.338 e. The Morgan fingerprint density at radius 2 is 2.00 bits per heavy atom. The minimum absolute atomic E-state index is 0.160. The van der Waals surface area contributed by atoms with Crippen molar-refractivity contribution in [2.24, 2.45) is 4.99 Å². The molecular weight excluding hydrogens is 154 g/mol. The second-order valence-corrected chi connectivity index (χ2v) is 2.06. The summed E-state index contributed by atoms with van der Waals surface area (Å²) in [5, 5.41) is 28.1. The van der Waals surface area contributed by atoms with Crippen molar-refractivity contribution in [1.82, 2.24) is 5.32 Å². The van der Waals surface area contributed by atoms with Gasteiger partial charge in [0.2, 0.25) is 0 Å². The lowest BCUT2D eigenvalue weighted by Gasteiger charge is -2.12. The van der Waals surface area contributed by atoms with E-state index in [4.69, 9.17) is 15.8 Å².